The smallest absolute Gasteiger partial charge is 0.261 e. The number of hydrogen-bond acceptors (Lipinski definition) is 4. The minimum atomic E-state index is -0.661. The van der Waals surface area contributed by atoms with Crippen LogP contribution in [0.5, 0.6) is 11.5 Å². The van der Waals surface area contributed by atoms with Crippen molar-refractivity contribution >= 4 is 39.3 Å². The summed E-state index contributed by atoms with van der Waals surface area (Å²) in [5.74, 6) is 1.03. The molecule has 0 aliphatic carbocycles. The molecule has 2 aromatic rings. The predicted octanol–water partition coefficient (Wildman–Crippen LogP) is 4.68. The third kappa shape index (κ3) is 7.74. The fourth-order valence-electron chi connectivity index (χ4n) is 2.78. The molecule has 0 fully saturated rings. The molecule has 0 heterocycles. The summed E-state index contributed by atoms with van der Waals surface area (Å²) in [5, 5.41) is 3.45. The van der Waals surface area contributed by atoms with E-state index in [1.54, 1.807) is 32.2 Å². The first-order valence-corrected chi connectivity index (χ1v) is 11.2. The van der Waals surface area contributed by atoms with E-state index in [2.05, 4.69) is 21.2 Å². The van der Waals surface area contributed by atoms with Crippen LogP contribution < -0.4 is 14.8 Å². The Hall–Kier alpha value is -2.25. The maximum Gasteiger partial charge on any atom is 0.261 e. The average Bonchev–Trinajstić information content (AvgIpc) is 2.74. The second-order valence-corrected chi connectivity index (χ2v) is 8.84. The first-order valence-electron chi connectivity index (χ1n) is 9.99. The molecule has 2 aromatic carbocycles. The van der Waals surface area contributed by atoms with Gasteiger partial charge in [-0.2, -0.15) is 0 Å². The number of hydrogen-bond donors (Lipinski definition) is 1. The molecule has 0 saturated heterocycles. The number of methoxy groups -OCH3 is 1. The van der Waals surface area contributed by atoms with Crippen LogP contribution in [0, 0.1) is 5.92 Å². The van der Waals surface area contributed by atoms with Gasteiger partial charge in [0.1, 0.15) is 17.5 Å². The fraction of sp³-hybridized carbons (Fsp3) is 0.391. The van der Waals surface area contributed by atoms with Crippen LogP contribution in [-0.4, -0.2) is 43.0 Å². The molecule has 8 heteroatoms. The Morgan fingerprint density at radius 3 is 2.39 bits per heavy atom. The highest BCUT2D eigenvalue weighted by Crippen LogP contribution is 2.28. The first kappa shape index (κ1) is 25.0. The van der Waals surface area contributed by atoms with E-state index in [4.69, 9.17) is 21.1 Å². The molecule has 1 atom stereocenters. The van der Waals surface area contributed by atoms with Crippen molar-refractivity contribution in [3.8, 4) is 11.5 Å². The number of nitrogens with zero attached hydrogens (tertiary/aromatic N) is 1. The van der Waals surface area contributed by atoms with Crippen LogP contribution in [0.4, 0.5) is 0 Å². The Kier molecular flexibility index (Phi) is 9.65. The van der Waals surface area contributed by atoms with Gasteiger partial charge < -0.3 is 19.7 Å². The molecule has 0 bridgehead atoms. The number of ether oxygens (including phenoxy) is 2. The molecule has 2 rings (SSSR count). The molecule has 6 nitrogen and oxygen atoms in total. The lowest BCUT2D eigenvalue weighted by Gasteiger charge is -2.29. The molecular formula is C23H28BrClN2O4. The van der Waals surface area contributed by atoms with Crippen molar-refractivity contribution in [1.29, 1.82) is 0 Å². The lowest BCUT2D eigenvalue weighted by atomic mass is 10.1. The van der Waals surface area contributed by atoms with Crippen molar-refractivity contribution in [3.63, 3.8) is 0 Å². The van der Waals surface area contributed by atoms with Gasteiger partial charge in [0, 0.05) is 18.1 Å². The number of carbonyl (C=O) groups excluding carboxylic acids is 2. The van der Waals surface area contributed by atoms with Crippen LogP contribution in [0.1, 0.15) is 26.3 Å². The maximum absolute atomic E-state index is 13.1. The second kappa shape index (κ2) is 12.0. The van der Waals surface area contributed by atoms with Gasteiger partial charge in [-0.25, -0.2) is 0 Å². The van der Waals surface area contributed by atoms with Gasteiger partial charge in [-0.15, -0.1) is 0 Å². The van der Waals surface area contributed by atoms with Gasteiger partial charge in [0.2, 0.25) is 5.91 Å². The fourth-order valence-corrected chi connectivity index (χ4v) is 3.57. The Labute approximate surface area is 197 Å². The minimum absolute atomic E-state index is 0.205. The number of benzene rings is 2. The molecular weight excluding hydrogens is 484 g/mol. The topological polar surface area (TPSA) is 67.9 Å². The van der Waals surface area contributed by atoms with Crippen molar-refractivity contribution in [2.75, 3.05) is 20.3 Å². The van der Waals surface area contributed by atoms with Gasteiger partial charge in [0.25, 0.3) is 5.91 Å². The van der Waals surface area contributed by atoms with Crippen LogP contribution in [0.3, 0.4) is 0 Å². The lowest BCUT2D eigenvalue weighted by molar-refractivity contribution is -0.142. The Morgan fingerprint density at radius 1 is 1.13 bits per heavy atom. The third-order valence-electron chi connectivity index (χ3n) is 4.61. The summed E-state index contributed by atoms with van der Waals surface area (Å²) in [6, 6.07) is 11.8. The van der Waals surface area contributed by atoms with Gasteiger partial charge in [-0.1, -0.05) is 37.6 Å². The molecule has 2 amide bonds. The van der Waals surface area contributed by atoms with Gasteiger partial charge in [0.15, 0.2) is 6.61 Å². The molecule has 0 saturated carbocycles. The first-order chi connectivity index (χ1) is 14.7. The number of carbonyl (C=O) groups is 2. The van der Waals surface area contributed by atoms with Crippen molar-refractivity contribution in [1.82, 2.24) is 10.2 Å². The normalized spacial score (nSPS) is 11.7. The van der Waals surface area contributed by atoms with Crippen LogP contribution in [0.2, 0.25) is 5.02 Å². The number of halogens is 2. The number of rotatable bonds is 10. The Balaban J connectivity index is 2.15. The zero-order valence-electron chi connectivity index (χ0n) is 18.2. The molecule has 0 aliphatic heterocycles. The molecule has 31 heavy (non-hydrogen) atoms. The zero-order chi connectivity index (χ0) is 23.0. The SMILES string of the molecule is COc1ccc(CN(C(=O)COc2ccc(Cl)cc2Br)C(C)C(=O)NCC(C)C)cc1. The van der Waals surface area contributed by atoms with E-state index in [9.17, 15) is 9.59 Å². The van der Waals surface area contributed by atoms with Gasteiger partial charge >= 0.3 is 0 Å². The predicted molar refractivity (Wildman–Crippen MR) is 126 cm³/mol. The summed E-state index contributed by atoms with van der Waals surface area (Å²) < 4.78 is 11.5. The largest absolute Gasteiger partial charge is 0.497 e. The Morgan fingerprint density at radius 2 is 1.81 bits per heavy atom. The van der Waals surface area contributed by atoms with Crippen LogP contribution in [0.15, 0.2) is 46.9 Å². The second-order valence-electron chi connectivity index (χ2n) is 7.55. The van der Waals surface area contributed by atoms with Crippen molar-refractivity contribution < 1.29 is 19.1 Å². The van der Waals surface area contributed by atoms with Gasteiger partial charge in [-0.3, -0.25) is 9.59 Å². The summed E-state index contributed by atoms with van der Waals surface area (Å²) in [5.41, 5.74) is 0.880. The molecule has 1 unspecified atom stereocenters. The minimum Gasteiger partial charge on any atom is -0.497 e. The van der Waals surface area contributed by atoms with Gasteiger partial charge in [0.05, 0.1) is 11.6 Å². The van der Waals surface area contributed by atoms with Crippen LogP contribution in [0.25, 0.3) is 0 Å². The van der Waals surface area contributed by atoms with E-state index in [1.807, 2.05) is 38.1 Å². The zero-order valence-corrected chi connectivity index (χ0v) is 20.5. The summed E-state index contributed by atoms with van der Waals surface area (Å²) in [6.07, 6.45) is 0. The summed E-state index contributed by atoms with van der Waals surface area (Å²) >= 11 is 9.33. The van der Waals surface area contributed by atoms with Crippen LogP contribution >= 0.6 is 27.5 Å². The van der Waals surface area contributed by atoms with Crippen molar-refractivity contribution in [2.45, 2.75) is 33.4 Å². The van der Waals surface area contributed by atoms with E-state index in [0.717, 1.165) is 11.3 Å². The number of nitrogens with one attached hydrogen (secondary N) is 1. The Bertz CT molecular complexity index is 890. The quantitative estimate of drug-likeness (QED) is 0.503. The lowest BCUT2D eigenvalue weighted by Crippen LogP contribution is -2.49. The molecule has 168 valence electrons. The molecule has 0 spiro atoms. The summed E-state index contributed by atoms with van der Waals surface area (Å²) in [7, 11) is 1.60. The van der Waals surface area contributed by atoms with E-state index in [1.165, 1.54) is 4.90 Å². The van der Waals surface area contributed by atoms with E-state index in [0.29, 0.717) is 27.7 Å². The van der Waals surface area contributed by atoms with E-state index >= 15 is 0 Å². The van der Waals surface area contributed by atoms with Crippen LogP contribution in [-0.2, 0) is 16.1 Å². The monoisotopic (exact) mass is 510 g/mol. The molecule has 0 aromatic heterocycles. The van der Waals surface area contributed by atoms with Crippen molar-refractivity contribution in [3.05, 3.63) is 57.5 Å². The van der Waals surface area contributed by atoms with Crippen molar-refractivity contribution in [2.24, 2.45) is 5.92 Å². The average molecular weight is 512 g/mol. The molecule has 0 aliphatic rings. The molecule has 1 N–H and O–H groups in total. The van der Waals surface area contributed by atoms with E-state index < -0.39 is 6.04 Å². The summed E-state index contributed by atoms with van der Waals surface area (Å²) in [6.45, 7) is 6.35. The summed E-state index contributed by atoms with van der Waals surface area (Å²) in [4.78, 5) is 27.2. The van der Waals surface area contributed by atoms with E-state index in [-0.39, 0.29) is 25.0 Å². The highest BCUT2D eigenvalue weighted by Gasteiger charge is 2.26. The third-order valence-corrected chi connectivity index (χ3v) is 5.46. The van der Waals surface area contributed by atoms with Gasteiger partial charge in [-0.05, 0) is 64.7 Å². The highest BCUT2D eigenvalue weighted by molar-refractivity contribution is 9.10. The standard InChI is InChI=1S/C23H28BrClN2O4/c1-15(2)12-26-23(29)16(3)27(13-17-5-8-19(30-4)9-6-17)22(28)14-31-21-10-7-18(25)11-20(21)24/h5-11,15-16H,12-14H2,1-4H3,(H,26,29). The maximum atomic E-state index is 13.1. The molecule has 0 radical (unpaired) electrons. The number of amides is 2. The highest BCUT2D eigenvalue weighted by atomic mass is 79.9.